The molecule has 0 bridgehead atoms. The maximum Gasteiger partial charge on any atom is 0.272 e. The van der Waals surface area contributed by atoms with Gasteiger partial charge in [-0.05, 0) is 97.6 Å². The van der Waals surface area contributed by atoms with Crippen molar-refractivity contribution in [3.05, 3.63) is 117 Å². The second-order valence-electron chi connectivity index (χ2n) is 18.5. The fourth-order valence-electron chi connectivity index (χ4n) is 10.6. The molecular weight excluding hydrogens is 947 g/mol. The van der Waals surface area contributed by atoms with Gasteiger partial charge in [-0.25, -0.2) is 8.78 Å². The van der Waals surface area contributed by atoms with Crippen LogP contribution in [0, 0.1) is 67.4 Å². The van der Waals surface area contributed by atoms with E-state index in [0.29, 0.717) is 64.1 Å². The fourth-order valence-corrected chi connectivity index (χ4v) is 11.0. The molecule has 4 aliphatic carbocycles. The summed E-state index contributed by atoms with van der Waals surface area (Å²) < 4.78 is 82.9. The van der Waals surface area contributed by atoms with Gasteiger partial charge in [-0.3, -0.25) is 34.4 Å². The van der Waals surface area contributed by atoms with E-state index in [4.69, 9.17) is 27.9 Å². The highest BCUT2D eigenvalue weighted by Gasteiger charge is 2.38. The third-order valence-electron chi connectivity index (χ3n) is 13.9. The van der Waals surface area contributed by atoms with Crippen LogP contribution in [0.2, 0.25) is 0 Å². The molecule has 4 aliphatic rings. The van der Waals surface area contributed by atoms with E-state index in [1.165, 1.54) is 114 Å². The Balaban J connectivity index is 0.000000155. The largest absolute Gasteiger partial charge is 0.504 e. The number of ether oxygens (including phenoxy) is 5. The van der Waals surface area contributed by atoms with Crippen LogP contribution in [-0.2, 0) is 14.3 Å². The van der Waals surface area contributed by atoms with Crippen LogP contribution in [0.1, 0.15) is 64.2 Å². The molecule has 2 heterocycles. The molecule has 4 atom stereocenters. The highest BCUT2D eigenvalue weighted by Crippen LogP contribution is 2.48. The highest BCUT2D eigenvalue weighted by atomic mass is 32.2. The number of benzene rings is 4. The Morgan fingerprint density at radius 3 is 1.49 bits per heavy atom. The molecule has 20 heteroatoms. The van der Waals surface area contributed by atoms with Crippen molar-refractivity contribution in [3.63, 3.8) is 0 Å². The van der Waals surface area contributed by atoms with Crippen LogP contribution in [0.3, 0.4) is 0 Å². The zero-order valence-corrected chi connectivity index (χ0v) is 40.1. The first kappa shape index (κ1) is 50.5. The molecule has 0 spiro atoms. The Bertz CT molecular complexity index is 3010. The number of fused-ring (bicyclic) bond motifs is 4. The summed E-state index contributed by atoms with van der Waals surface area (Å²) in [5.41, 5.74) is 0.335. The number of aromatic nitrogens is 2. The van der Waals surface area contributed by atoms with Gasteiger partial charge >= 0.3 is 0 Å². The normalized spacial score (nSPS) is 21.0. The molecule has 4 aromatic carbocycles. The summed E-state index contributed by atoms with van der Waals surface area (Å²) in [5, 5.41) is 32.4. The third-order valence-corrected chi connectivity index (χ3v) is 14.4. The van der Waals surface area contributed by atoms with Gasteiger partial charge in [0.15, 0.2) is 46.1 Å². The van der Waals surface area contributed by atoms with E-state index < -0.39 is 31.6 Å². The van der Waals surface area contributed by atoms with E-state index in [-0.39, 0.29) is 40.1 Å². The number of phenols is 1. The predicted molar refractivity (Wildman–Crippen MR) is 258 cm³/mol. The van der Waals surface area contributed by atoms with E-state index in [1.54, 1.807) is 25.4 Å². The average Bonchev–Trinajstić information content (AvgIpc) is 4.15. The first-order chi connectivity index (χ1) is 34.0. The SMILES string of the molecule is COc1cc2c(Oc3ccc([N+](=O)[O-])cc3F)ccnc2cc1O.COc1cc2c(Oc3ccc([N+](=O)[O-])cc3F)ccnc2cc1OCC1CC2CCCC2C1.CS(=O)(=O)OCC1CC2CCCC2C1. The van der Waals surface area contributed by atoms with E-state index in [9.17, 15) is 42.5 Å². The fraction of sp³-hybridized carbons (Fsp3) is 0.412. The Hall–Kier alpha value is -6.93. The summed E-state index contributed by atoms with van der Waals surface area (Å²) >= 11 is 0. The average molecular weight is 1000 g/mol. The van der Waals surface area contributed by atoms with Gasteiger partial charge in [0.25, 0.3) is 21.5 Å². The minimum absolute atomic E-state index is 0.0869. The zero-order chi connectivity index (χ0) is 50.4. The number of aromatic hydroxyl groups is 1. The number of halogens is 2. The monoisotopic (exact) mass is 1000 g/mol. The van der Waals surface area contributed by atoms with Gasteiger partial charge in [0.05, 0.1) is 66.7 Å². The van der Waals surface area contributed by atoms with E-state index in [2.05, 4.69) is 9.97 Å². The summed E-state index contributed by atoms with van der Waals surface area (Å²) in [6.45, 7) is 1.06. The van der Waals surface area contributed by atoms with Gasteiger partial charge < -0.3 is 28.8 Å². The molecule has 0 amide bonds. The lowest BCUT2D eigenvalue weighted by atomic mass is 10.0. The molecule has 2 aromatic heterocycles. The minimum atomic E-state index is -3.24. The number of rotatable bonds is 14. The summed E-state index contributed by atoms with van der Waals surface area (Å²) in [6, 6.07) is 16.0. The lowest BCUT2D eigenvalue weighted by Gasteiger charge is -2.16. The molecule has 4 fully saturated rings. The number of non-ortho nitro benzene ring substituents is 2. The molecule has 1 N–H and O–H groups in total. The molecule has 6 aromatic rings. The summed E-state index contributed by atoms with van der Waals surface area (Å²) in [4.78, 5) is 28.7. The summed E-state index contributed by atoms with van der Waals surface area (Å²) in [7, 11) is -0.268. The van der Waals surface area contributed by atoms with Crippen molar-refractivity contribution in [1.82, 2.24) is 9.97 Å². The molecular formula is C51H54F2N4O13S. The number of hydrogen-bond donors (Lipinski definition) is 1. The Morgan fingerprint density at radius 1 is 0.606 bits per heavy atom. The van der Waals surface area contributed by atoms with Crippen molar-refractivity contribution in [1.29, 1.82) is 0 Å². The Morgan fingerprint density at radius 2 is 1.06 bits per heavy atom. The van der Waals surface area contributed by atoms with E-state index in [0.717, 1.165) is 48.1 Å². The predicted octanol–water partition coefficient (Wildman–Crippen LogP) is 11.9. The van der Waals surface area contributed by atoms with Crippen LogP contribution in [0.15, 0.2) is 85.2 Å². The van der Waals surface area contributed by atoms with E-state index >= 15 is 0 Å². The second kappa shape index (κ2) is 22.0. The van der Waals surface area contributed by atoms with Gasteiger partial charge in [-0.1, -0.05) is 38.5 Å². The van der Waals surface area contributed by atoms with Crippen molar-refractivity contribution < 1.29 is 60.0 Å². The minimum Gasteiger partial charge on any atom is -0.504 e. The molecule has 71 heavy (non-hydrogen) atoms. The molecule has 4 saturated carbocycles. The smallest absolute Gasteiger partial charge is 0.272 e. The summed E-state index contributed by atoms with van der Waals surface area (Å²) in [5.74, 6) is 4.46. The maximum atomic E-state index is 14.3. The van der Waals surface area contributed by atoms with Gasteiger partial charge in [0, 0.05) is 47.4 Å². The Labute approximate surface area is 408 Å². The maximum absolute atomic E-state index is 14.3. The zero-order valence-electron chi connectivity index (χ0n) is 39.3. The van der Waals surface area contributed by atoms with Crippen molar-refractivity contribution >= 4 is 43.3 Å². The standard InChI is InChI=1S/C25H25FN2O5.C16H11FN2O5.C10H18O3S/c1-31-24-12-19-21(13-25(24)32-14-15-9-16-3-2-4-17(16)10-15)27-8-7-22(19)33-23-6-5-18(28(29)30)11-20(23)26;1-23-16-7-10-12(8-13(16)20)18-5-4-14(10)24-15-3-2-9(19(21)22)6-11(15)17;1-14(11,12)13-7-8-5-9-3-2-4-10(9)6-8/h5-8,11-13,15-17H,2-4,9-10,14H2,1H3;2-8,20H,1H3;8-10H,2-7H2,1H3. The molecule has 376 valence electrons. The third kappa shape index (κ3) is 12.3. The van der Waals surface area contributed by atoms with Gasteiger partial charge in [-0.2, -0.15) is 8.42 Å². The van der Waals surface area contributed by atoms with Crippen LogP contribution in [0.4, 0.5) is 20.2 Å². The molecule has 17 nitrogen and oxygen atoms in total. The van der Waals surface area contributed by atoms with Gasteiger partial charge in [0.2, 0.25) is 0 Å². The summed E-state index contributed by atoms with van der Waals surface area (Å²) in [6.07, 6.45) is 17.1. The number of hydrogen-bond acceptors (Lipinski definition) is 15. The van der Waals surface area contributed by atoms with Crippen molar-refractivity contribution in [2.45, 2.75) is 64.2 Å². The second-order valence-corrected chi connectivity index (χ2v) is 20.1. The van der Waals surface area contributed by atoms with Crippen molar-refractivity contribution in [3.8, 4) is 46.0 Å². The Kier molecular flexibility index (Phi) is 15.6. The van der Waals surface area contributed by atoms with Crippen molar-refractivity contribution in [2.75, 3.05) is 33.7 Å². The van der Waals surface area contributed by atoms with E-state index in [1.807, 2.05) is 6.07 Å². The van der Waals surface area contributed by atoms with Crippen LogP contribution >= 0.6 is 0 Å². The molecule has 0 aliphatic heterocycles. The number of pyridine rings is 2. The first-order valence-electron chi connectivity index (χ1n) is 23.4. The number of nitro benzene ring substituents is 2. The van der Waals surface area contributed by atoms with Gasteiger partial charge in [0.1, 0.15) is 11.5 Å². The molecule has 0 saturated heterocycles. The first-order valence-corrected chi connectivity index (χ1v) is 25.2. The highest BCUT2D eigenvalue weighted by molar-refractivity contribution is 7.85. The number of nitrogens with zero attached hydrogens (tertiary/aromatic N) is 4. The van der Waals surface area contributed by atoms with Crippen molar-refractivity contribution in [2.24, 2.45) is 35.5 Å². The molecule has 0 radical (unpaired) electrons. The van der Waals surface area contributed by atoms with Crippen LogP contribution in [0.25, 0.3) is 21.8 Å². The lowest BCUT2D eigenvalue weighted by Crippen LogP contribution is -2.11. The topological polar surface area (TPSA) is 222 Å². The van der Waals surface area contributed by atoms with Crippen LogP contribution in [-0.4, -0.2) is 67.0 Å². The number of phenolic OH excluding ortho intramolecular Hbond substituents is 1. The quantitative estimate of drug-likeness (QED) is 0.0609. The van der Waals surface area contributed by atoms with Crippen LogP contribution < -0.4 is 23.7 Å². The molecule has 10 rings (SSSR count). The molecule has 4 unspecified atom stereocenters. The number of methoxy groups -OCH3 is 2. The lowest BCUT2D eigenvalue weighted by molar-refractivity contribution is -0.385. The number of nitro groups is 2. The van der Waals surface area contributed by atoms with Crippen LogP contribution in [0.5, 0.6) is 46.0 Å². The van der Waals surface area contributed by atoms with Gasteiger partial charge in [-0.15, -0.1) is 0 Å².